The van der Waals surface area contributed by atoms with Crippen molar-refractivity contribution in [1.29, 1.82) is 0 Å². The van der Waals surface area contributed by atoms with Gasteiger partial charge in [0.15, 0.2) is 0 Å². The lowest BCUT2D eigenvalue weighted by molar-refractivity contribution is -0.0622. The second-order valence-corrected chi connectivity index (χ2v) is 12.3. The zero-order chi connectivity index (χ0) is 23.6. The van der Waals surface area contributed by atoms with E-state index in [1.54, 1.807) is 0 Å². The third-order valence-corrected chi connectivity index (χ3v) is 10.1. The van der Waals surface area contributed by atoms with Gasteiger partial charge in [0.1, 0.15) is 0 Å². The number of carbonyl (C=O) groups excluding carboxylic acids is 2. The molecule has 2 aromatic carbocycles. The molecule has 8 rings (SSSR count). The van der Waals surface area contributed by atoms with Crippen LogP contribution in [0.25, 0.3) is 10.8 Å². The van der Waals surface area contributed by atoms with Gasteiger partial charge in [-0.25, -0.2) is 0 Å². The van der Waals surface area contributed by atoms with Gasteiger partial charge in [-0.2, -0.15) is 0 Å². The van der Waals surface area contributed by atoms with Crippen LogP contribution in [0.3, 0.4) is 0 Å². The van der Waals surface area contributed by atoms with Crippen LogP contribution in [-0.4, -0.2) is 72.3 Å². The van der Waals surface area contributed by atoms with Crippen molar-refractivity contribution >= 4 is 22.6 Å². The quantitative estimate of drug-likeness (QED) is 0.575. The lowest BCUT2D eigenvalue weighted by Gasteiger charge is -2.57. The smallest absolute Gasteiger partial charge is 0.261 e. The molecule has 1 saturated heterocycles. The molecule has 0 radical (unpaired) electrons. The highest BCUT2D eigenvalue weighted by Gasteiger charge is 2.50. The maximum absolute atomic E-state index is 13.2. The first kappa shape index (κ1) is 22.0. The highest BCUT2D eigenvalue weighted by atomic mass is 16.2. The van der Waals surface area contributed by atoms with E-state index >= 15 is 0 Å². The Hall–Kier alpha value is -2.24. The van der Waals surface area contributed by atoms with Crippen LogP contribution in [0.2, 0.25) is 0 Å². The van der Waals surface area contributed by atoms with Crippen LogP contribution in [0, 0.1) is 23.2 Å². The van der Waals surface area contributed by atoms with Gasteiger partial charge in [-0.15, -0.1) is 0 Å². The highest BCUT2D eigenvalue weighted by Crippen LogP contribution is 2.61. The van der Waals surface area contributed by atoms with E-state index in [1.807, 2.05) is 36.4 Å². The molecule has 2 aromatic rings. The number of nitrogens with zero attached hydrogens (tertiary/aromatic N) is 3. The third kappa shape index (κ3) is 3.82. The number of amides is 2. The fourth-order valence-corrected chi connectivity index (χ4v) is 8.75. The molecule has 6 aliphatic rings. The maximum Gasteiger partial charge on any atom is 0.261 e. The molecule has 0 aromatic heterocycles. The molecular weight excluding hydrogens is 434 g/mol. The van der Waals surface area contributed by atoms with E-state index in [1.165, 1.54) is 56.4 Å². The van der Waals surface area contributed by atoms with E-state index in [0.29, 0.717) is 23.1 Å². The molecule has 0 atom stereocenters. The van der Waals surface area contributed by atoms with Crippen molar-refractivity contribution in [2.45, 2.75) is 44.9 Å². The summed E-state index contributed by atoms with van der Waals surface area (Å²) in [6.45, 7) is 6.76. The topological polar surface area (TPSA) is 43.9 Å². The van der Waals surface area contributed by atoms with E-state index < -0.39 is 0 Å². The van der Waals surface area contributed by atoms with Gasteiger partial charge in [0.2, 0.25) is 0 Å². The third-order valence-electron chi connectivity index (χ3n) is 10.1. The van der Waals surface area contributed by atoms with Gasteiger partial charge in [0.05, 0.1) is 0 Å². The highest BCUT2D eigenvalue weighted by molar-refractivity contribution is 6.25. The summed E-state index contributed by atoms with van der Waals surface area (Å²) in [4.78, 5) is 32.9. The van der Waals surface area contributed by atoms with Gasteiger partial charge in [-0.05, 0) is 92.2 Å². The fraction of sp³-hybridized carbons (Fsp3) is 0.600. The van der Waals surface area contributed by atoms with Crippen molar-refractivity contribution in [3.8, 4) is 0 Å². The number of hydrogen-bond donors (Lipinski definition) is 0. The largest absolute Gasteiger partial charge is 0.301 e. The molecule has 5 fully saturated rings. The number of piperazine rings is 1. The second-order valence-electron chi connectivity index (χ2n) is 12.3. The molecule has 2 amide bonds. The first-order chi connectivity index (χ1) is 17.1. The van der Waals surface area contributed by atoms with Crippen LogP contribution >= 0.6 is 0 Å². The SMILES string of the molecule is O=C1c2cccc3cccc(c23)C(=O)N1CCN1CCN(CCC23CC4CC(CC(C4)C2)C3)CC1. The van der Waals surface area contributed by atoms with Gasteiger partial charge >= 0.3 is 0 Å². The Bertz CT molecular complexity index is 1080. The Balaban J connectivity index is 0.930. The Morgan fingerprint density at radius 2 is 1.20 bits per heavy atom. The zero-order valence-corrected chi connectivity index (χ0v) is 20.8. The van der Waals surface area contributed by atoms with Crippen molar-refractivity contribution in [3.63, 3.8) is 0 Å². The van der Waals surface area contributed by atoms with Gasteiger partial charge < -0.3 is 4.90 Å². The van der Waals surface area contributed by atoms with Crippen molar-refractivity contribution < 1.29 is 9.59 Å². The van der Waals surface area contributed by atoms with Crippen LogP contribution < -0.4 is 0 Å². The first-order valence-corrected chi connectivity index (χ1v) is 13.9. The van der Waals surface area contributed by atoms with Crippen LogP contribution in [0.5, 0.6) is 0 Å². The summed E-state index contributed by atoms with van der Waals surface area (Å²) in [6.07, 6.45) is 10.5. The summed E-state index contributed by atoms with van der Waals surface area (Å²) in [6, 6.07) is 11.5. The molecule has 0 unspecified atom stereocenters. The van der Waals surface area contributed by atoms with Gasteiger partial charge in [-0.3, -0.25) is 19.4 Å². The molecule has 4 bridgehead atoms. The molecule has 4 saturated carbocycles. The minimum Gasteiger partial charge on any atom is -0.301 e. The number of imide groups is 1. The summed E-state index contributed by atoms with van der Waals surface area (Å²) >= 11 is 0. The number of benzene rings is 2. The zero-order valence-electron chi connectivity index (χ0n) is 20.8. The molecule has 4 aliphatic carbocycles. The van der Waals surface area contributed by atoms with E-state index in [9.17, 15) is 9.59 Å². The monoisotopic (exact) mass is 471 g/mol. The predicted molar refractivity (Wildman–Crippen MR) is 137 cm³/mol. The molecule has 2 heterocycles. The lowest BCUT2D eigenvalue weighted by atomic mass is 9.49. The summed E-state index contributed by atoms with van der Waals surface area (Å²) in [5.74, 6) is 2.83. The standard InChI is InChI=1S/C30H37N3O2/c34-28-25-5-1-3-24-4-2-6-26(27(24)25)29(35)33(28)14-13-32-11-9-31(10-12-32)8-7-30-18-21-15-22(19-30)17-23(16-21)20-30/h1-6,21-23H,7-20H2. The van der Waals surface area contributed by atoms with E-state index in [0.717, 1.165) is 61.2 Å². The summed E-state index contributed by atoms with van der Waals surface area (Å²) in [5, 5.41) is 1.78. The summed E-state index contributed by atoms with van der Waals surface area (Å²) < 4.78 is 0. The van der Waals surface area contributed by atoms with Crippen molar-refractivity contribution in [3.05, 3.63) is 47.5 Å². The van der Waals surface area contributed by atoms with Crippen molar-refractivity contribution in [2.75, 3.05) is 45.8 Å². The average Bonchev–Trinajstić information content (AvgIpc) is 2.86. The van der Waals surface area contributed by atoms with E-state index in [-0.39, 0.29) is 11.8 Å². The Morgan fingerprint density at radius 3 is 1.74 bits per heavy atom. The molecular formula is C30H37N3O2. The van der Waals surface area contributed by atoms with Gasteiger partial charge in [0, 0.05) is 55.8 Å². The predicted octanol–water partition coefficient (Wildman–Crippen LogP) is 4.66. The molecule has 0 N–H and O–H groups in total. The number of hydrogen-bond acceptors (Lipinski definition) is 4. The maximum atomic E-state index is 13.2. The van der Waals surface area contributed by atoms with Crippen LogP contribution in [0.1, 0.15) is 65.7 Å². The fourth-order valence-electron chi connectivity index (χ4n) is 8.75. The molecule has 184 valence electrons. The van der Waals surface area contributed by atoms with Gasteiger partial charge in [-0.1, -0.05) is 24.3 Å². The van der Waals surface area contributed by atoms with E-state index in [2.05, 4.69) is 9.80 Å². The second kappa shape index (κ2) is 8.41. The summed E-state index contributed by atoms with van der Waals surface area (Å²) in [7, 11) is 0. The molecule has 35 heavy (non-hydrogen) atoms. The van der Waals surface area contributed by atoms with E-state index in [4.69, 9.17) is 0 Å². The molecule has 5 heteroatoms. The van der Waals surface area contributed by atoms with Crippen molar-refractivity contribution in [2.24, 2.45) is 23.2 Å². The molecule has 5 nitrogen and oxygen atoms in total. The Labute approximate surface area is 208 Å². The van der Waals surface area contributed by atoms with Crippen molar-refractivity contribution in [1.82, 2.24) is 14.7 Å². The minimum absolute atomic E-state index is 0.145. The van der Waals surface area contributed by atoms with Gasteiger partial charge in [0.25, 0.3) is 11.8 Å². The first-order valence-electron chi connectivity index (χ1n) is 13.9. The number of carbonyl (C=O) groups is 2. The lowest BCUT2D eigenvalue weighted by Crippen LogP contribution is -2.51. The summed E-state index contributed by atoms with van der Waals surface area (Å²) in [5.41, 5.74) is 1.99. The molecule has 2 aliphatic heterocycles. The van der Waals surface area contributed by atoms with Crippen LogP contribution in [-0.2, 0) is 0 Å². The van der Waals surface area contributed by atoms with Crippen LogP contribution in [0.15, 0.2) is 36.4 Å². The minimum atomic E-state index is -0.145. The number of rotatable bonds is 6. The average molecular weight is 472 g/mol. The normalized spacial score (nSPS) is 32.7. The van der Waals surface area contributed by atoms with Crippen LogP contribution in [0.4, 0.5) is 0 Å². The Kier molecular flexibility index (Phi) is 5.29. The Morgan fingerprint density at radius 1 is 0.686 bits per heavy atom. The molecule has 0 spiro atoms.